The Labute approximate surface area is 437 Å². The van der Waals surface area contributed by atoms with E-state index in [2.05, 4.69) is 99.0 Å². The summed E-state index contributed by atoms with van der Waals surface area (Å²) in [5, 5.41) is 2.96. The lowest BCUT2D eigenvalue weighted by Crippen LogP contribution is -2.47. The smallest absolute Gasteiger partial charge is 0.306 e. The number of phosphoric acid groups is 1. The van der Waals surface area contributed by atoms with Crippen LogP contribution in [0.25, 0.3) is 0 Å². The van der Waals surface area contributed by atoms with Gasteiger partial charge in [0.2, 0.25) is 5.91 Å². The molecule has 3 unspecified atom stereocenters. The van der Waals surface area contributed by atoms with E-state index in [9.17, 15) is 19.0 Å². The Balaban J connectivity index is 5.52. The Morgan fingerprint density at radius 1 is 0.507 bits per heavy atom. The van der Waals surface area contributed by atoms with Gasteiger partial charge in [0.05, 0.1) is 33.8 Å². The van der Waals surface area contributed by atoms with Crippen LogP contribution in [-0.2, 0) is 27.9 Å². The Kier molecular flexibility index (Phi) is 48.3. The number of quaternary nitrogens is 1. The maximum atomic E-state index is 13.4. The van der Waals surface area contributed by atoms with Crippen molar-refractivity contribution >= 4 is 19.7 Å². The molecule has 0 aromatic carbocycles. The average Bonchev–Trinajstić information content (AvgIpc) is 3.33. The molecule has 0 rings (SSSR count). The highest BCUT2D eigenvalue weighted by molar-refractivity contribution is 7.45. The predicted octanol–water partition coefficient (Wildman–Crippen LogP) is 16.6. The van der Waals surface area contributed by atoms with Crippen LogP contribution in [0.5, 0.6) is 0 Å². The van der Waals surface area contributed by atoms with E-state index in [-0.39, 0.29) is 31.3 Å². The molecule has 0 aliphatic carbocycles. The van der Waals surface area contributed by atoms with Gasteiger partial charge in [-0.05, 0) is 96.0 Å². The lowest BCUT2D eigenvalue weighted by molar-refractivity contribution is -0.870. The number of rotatable bonds is 50. The Morgan fingerprint density at radius 3 is 1.38 bits per heavy atom. The predicted molar refractivity (Wildman–Crippen MR) is 302 cm³/mol. The van der Waals surface area contributed by atoms with Crippen molar-refractivity contribution < 1.29 is 37.3 Å². The summed E-state index contributed by atoms with van der Waals surface area (Å²) in [6.07, 6.45) is 66.8. The minimum Gasteiger partial charge on any atom is -0.756 e. The highest BCUT2D eigenvalue weighted by atomic mass is 31.2. The van der Waals surface area contributed by atoms with Gasteiger partial charge in [0, 0.05) is 12.8 Å². The van der Waals surface area contributed by atoms with Gasteiger partial charge in [-0.1, -0.05) is 215 Å². The fraction of sp³-hybridized carbons (Fsp3) is 0.705. The average molecular weight is 1010 g/mol. The van der Waals surface area contributed by atoms with Gasteiger partial charge in [-0.15, -0.1) is 0 Å². The van der Waals surface area contributed by atoms with E-state index < -0.39 is 26.6 Å². The molecule has 9 nitrogen and oxygen atoms in total. The lowest BCUT2D eigenvalue weighted by Gasteiger charge is -2.30. The van der Waals surface area contributed by atoms with Gasteiger partial charge < -0.3 is 28.5 Å². The van der Waals surface area contributed by atoms with Crippen molar-refractivity contribution in [2.24, 2.45) is 0 Å². The number of ether oxygens (including phenoxy) is 1. The molecule has 0 radical (unpaired) electrons. The van der Waals surface area contributed by atoms with Crippen LogP contribution in [0.2, 0.25) is 0 Å². The summed E-state index contributed by atoms with van der Waals surface area (Å²) in [4.78, 5) is 39.8. The van der Waals surface area contributed by atoms with Crippen LogP contribution in [0.3, 0.4) is 0 Å². The van der Waals surface area contributed by atoms with Gasteiger partial charge in [0.1, 0.15) is 19.3 Å². The fourth-order valence-corrected chi connectivity index (χ4v) is 8.32. The number of carbonyl (C=O) groups excluding carboxylic acids is 2. The molecule has 0 heterocycles. The number of nitrogens with zero attached hydrogens (tertiary/aromatic N) is 1. The second kappa shape index (κ2) is 50.5. The Hall–Kier alpha value is -3.07. The molecule has 0 saturated carbocycles. The van der Waals surface area contributed by atoms with Crippen LogP contribution >= 0.6 is 7.82 Å². The number of likely N-dealkylation sites (N-methyl/N-ethyl adjacent to an activating group) is 1. The van der Waals surface area contributed by atoms with Gasteiger partial charge in [0.15, 0.2) is 0 Å². The first-order valence-electron chi connectivity index (χ1n) is 28.5. The second-order valence-corrected chi connectivity index (χ2v) is 21.5. The van der Waals surface area contributed by atoms with Crippen molar-refractivity contribution in [1.29, 1.82) is 0 Å². The number of amides is 1. The molecule has 0 aromatic rings. The molecule has 1 N–H and O–H groups in total. The second-order valence-electron chi connectivity index (χ2n) is 20.1. The van der Waals surface area contributed by atoms with Crippen molar-refractivity contribution in [2.45, 2.75) is 238 Å². The molecule has 408 valence electrons. The number of hydrogen-bond acceptors (Lipinski definition) is 7. The molecular weight excluding hydrogens is 904 g/mol. The van der Waals surface area contributed by atoms with E-state index in [4.69, 9.17) is 13.8 Å². The first-order valence-corrected chi connectivity index (χ1v) is 30.0. The minimum atomic E-state index is -4.72. The number of hydrogen-bond donors (Lipinski definition) is 1. The molecule has 10 heteroatoms. The molecule has 0 aliphatic heterocycles. The summed E-state index contributed by atoms with van der Waals surface area (Å²) in [5.74, 6) is -0.663. The van der Waals surface area contributed by atoms with Gasteiger partial charge in [0.25, 0.3) is 7.82 Å². The number of nitrogens with one attached hydrogen (secondary N) is 1. The van der Waals surface area contributed by atoms with Crippen LogP contribution < -0.4 is 10.2 Å². The molecule has 0 fully saturated rings. The monoisotopic (exact) mass is 1010 g/mol. The van der Waals surface area contributed by atoms with Crippen molar-refractivity contribution in [2.75, 3.05) is 40.9 Å². The first-order chi connectivity index (χ1) is 34.4. The molecule has 3 atom stereocenters. The molecule has 1 amide bonds. The zero-order chi connectivity index (χ0) is 52.2. The van der Waals surface area contributed by atoms with Crippen LogP contribution in [0.4, 0.5) is 0 Å². The zero-order valence-corrected chi connectivity index (χ0v) is 47.3. The first kappa shape index (κ1) is 67.9. The maximum absolute atomic E-state index is 13.4. The summed E-state index contributed by atoms with van der Waals surface area (Å²) in [5.41, 5.74) is 0. The number of phosphoric ester groups is 1. The molecule has 0 bridgehead atoms. The van der Waals surface area contributed by atoms with Crippen molar-refractivity contribution in [3.05, 3.63) is 97.2 Å². The topological polar surface area (TPSA) is 114 Å². The number of carbonyl (C=O) groups is 2. The number of unbranched alkanes of at least 4 members (excludes halogenated alkanes) is 20. The third-order valence-electron chi connectivity index (χ3n) is 12.0. The van der Waals surface area contributed by atoms with Crippen LogP contribution in [0.1, 0.15) is 226 Å². The summed E-state index contributed by atoms with van der Waals surface area (Å²) in [7, 11) is 1.12. The molecule has 0 saturated heterocycles. The van der Waals surface area contributed by atoms with E-state index in [1.807, 2.05) is 39.4 Å². The fourth-order valence-electron chi connectivity index (χ4n) is 7.60. The maximum Gasteiger partial charge on any atom is 0.306 e. The zero-order valence-electron chi connectivity index (χ0n) is 46.4. The van der Waals surface area contributed by atoms with E-state index >= 15 is 0 Å². The van der Waals surface area contributed by atoms with E-state index in [0.29, 0.717) is 23.9 Å². The SMILES string of the molecule is CC/C=C\C/C=C\C/C=C\C/C=C\C/C=C\C/C=C\CCC(=O)NC(COP(=O)([O-])OCC[N+](C)(C)C)C(/C=C\CCCCCCCCCCCCC)OC(=O)CCCCC/C=C\CCCCCCCC. The van der Waals surface area contributed by atoms with Crippen molar-refractivity contribution in [3.8, 4) is 0 Å². The minimum absolute atomic E-state index is 0.0422. The summed E-state index contributed by atoms with van der Waals surface area (Å²) >= 11 is 0. The highest BCUT2D eigenvalue weighted by Gasteiger charge is 2.27. The third kappa shape index (κ3) is 51.6. The molecule has 0 aromatic heterocycles. The van der Waals surface area contributed by atoms with E-state index in [1.54, 1.807) is 6.08 Å². The Bertz CT molecular complexity index is 1540. The number of esters is 1. The molecule has 0 aliphatic rings. The normalized spacial score (nSPS) is 14.5. The quantitative estimate of drug-likeness (QED) is 0.0212. The van der Waals surface area contributed by atoms with E-state index in [0.717, 1.165) is 83.5 Å². The molecule has 71 heavy (non-hydrogen) atoms. The third-order valence-corrected chi connectivity index (χ3v) is 13.0. The summed E-state index contributed by atoms with van der Waals surface area (Å²) < 4.78 is 30.1. The lowest BCUT2D eigenvalue weighted by atomic mass is 10.0. The molecular formula is C61H107N2O7P. The molecule has 0 spiro atoms. The largest absolute Gasteiger partial charge is 0.756 e. The van der Waals surface area contributed by atoms with E-state index in [1.165, 1.54) is 96.3 Å². The number of allylic oxidation sites excluding steroid dienone is 15. The van der Waals surface area contributed by atoms with Crippen molar-refractivity contribution in [3.63, 3.8) is 0 Å². The van der Waals surface area contributed by atoms with Crippen molar-refractivity contribution in [1.82, 2.24) is 5.32 Å². The van der Waals surface area contributed by atoms with Crippen LogP contribution in [-0.4, -0.2) is 69.4 Å². The van der Waals surface area contributed by atoms with Gasteiger partial charge in [-0.2, -0.15) is 0 Å². The van der Waals surface area contributed by atoms with Crippen LogP contribution in [0.15, 0.2) is 97.2 Å². The van der Waals surface area contributed by atoms with Gasteiger partial charge in [-0.3, -0.25) is 14.2 Å². The highest BCUT2D eigenvalue weighted by Crippen LogP contribution is 2.38. The summed E-state index contributed by atoms with van der Waals surface area (Å²) in [6, 6.07) is -0.939. The van der Waals surface area contributed by atoms with Gasteiger partial charge >= 0.3 is 5.97 Å². The van der Waals surface area contributed by atoms with Crippen LogP contribution in [0, 0.1) is 0 Å². The van der Waals surface area contributed by atoms with Gasteiger partial charge in [-0.25, -0.2) is 0 Å². The standard InChI is InChI=1S/C61H107N2O7P/c1-7-10-13-16-19-22-25-28-29-30-31-32-33-36-38-41-44-47-50-53-60(64)62-58(57-69-71(66,67)68-56-55-63(4,5)6)59(52-49-46-43-40-37-34-26-23-20-17-14-11-8-2)70-61(65)54-51-48-45-42-39-35-27-24-21-18-15-12-9-3/h10,13,19,22,28-29,31-32,35-36,38-39,44,47,49,52,58-59H,7-9,11-12,14-18,20-21,23-27,30,33-34,37,40-43,45-46,48,50-51,53-57H2,1-6H3,(H-,62,64,66,67)/b13-10-,22-19-,29-28-,32-31-,38-36-,39-35-,47-44-,52-49-. The Morgan fingerprint density at radius 2 is 0.915 bits per heavy atom. The summed E-state index contributed by atoms with van der Waals surface area (Å²) in [6.45, 7) is 6.63.